The smallest absolute Gasteiger partial charge is 0.359 e. The molecule has 0 spiro atoms. The number of nitrogens with zero attached hydrogens (tertiary/aromatic N) is 4. The zero-order valence-electron chi connectivity index (χ0n) is 19.3. The van der Waals surface area contributed by atoms with Crippen LogP contribution in [0, 0.1) is 11.6 Å². The predicted octanol–water partition coefficient (Wildman–Crippen LogP) is 3.53. The number of piperazine rings is 1. The van der Waals surface area contributed by atoms with Crippen LogP contribution in [0.5, 0.6) is 0 Å². The number of esters is 1. The third-order valence-corrected chi connectivity index (χ3v) is 6.60. The highest BCUT2D eigenvalue weighted by molar-refractivity contribution is 5.91. The number of fused-ring (bicyclic) bond motifs is 1. The summed E-state index contributed by atoms with van der Waals surface area (Å²) in [4.78, 5) is 29.3. The molecule has 1 aliphatic heterocycles. The minimum Gasteiger partial charge on any atom is -0.451 e. The van der Waals surface area contributed by atoms with E-state index in [-0.39, 0.29) is 29.8 Å². The van der Waals surface area contributed by atoms with Gasteiger partial charge in [0.2, 0.25) is 0 Å². The van der Waals surface area contributed by atoms with E-state index in [1.54, 1.807) is 33.8 Å². The van der Waals surface area contributed by atoms with Crippen molar-refractivity contribution >= 4 is 17.6 Å². The highest BCUT2D eigenvalue weighted by Crippen LogP contribution is 2.27. The second-order valence-corrected chi connectivity index (χ2v) is 8.79. The maximum atomic E-state index is 13.4. The minimum absolute atomic E-state index is 0.220. The number of halogens is 2. The normalized spacial score (nSPS) is 15.6. The lowest BCUT2D eigenvalue weighted by molar-refractivity contribution is -0.134. The van der Waals surface area contributed by atoms with E-state index < -0.39 is 5.97 Å². The van der Waals surface area contributed by atoms with E-state index in [2.05, 4.69) is 10.00 Å². The zero-order valence-corrected chi connectivity index (χ0v) is 19.3. The van der Waals surface area contributed by atoms with Gasteiger partial charge in [-0.1, -0.05) is 0 Å². The van der Waals surface area contributed by atoms with Crippen LogP contribution in [0.2, 0.25) is 0 Å². The van der Waals surface area contributed by atoms with Gasteiger partial charge in [0.25, 0.3) is 5.91 Å². The van der Waals surface area contributed by atoms with Crippen LogP contribution in [0.1, 0.15) is 34.6 Å². The quantitative estimate of drug-likeness (QED) is 0.523. The maximum absolute atomic E-state index is 13.4. The average Bonchev–Trinajstić information content (AvgIpc) is 3.28. The number of anilines is 1. The molecule has 1 fully saturated rings. The molecule has 182 valence electrons. The molecular formula is C26H26F2N4O3. The Morgan fingerprint density at radius 3 is 2.09 bits per heavy atom. The molecular weight excluding hydrogens is 454 g/mol. The van der Waals surface area contributed by atoms with Crippen LogP contribution in [0.25, 0.3) is 5.69 Å². The second-order valence-electron chi connectivity index (χ2n) is 8.79. The summed E-state index contributed by atoms with van der Waals surface area (Å²) in [6.07, 6.45) is 3.40. The first-order valence-electron chi connectivity index (χ1n) is 11.8. The van der Waals surface area contributed by atoms with Crippen molar-refractivity contribution in [3.05, 3.63) is 77.1 Å². The fourth-order valence-electron chi connectivity index (χ4n) is 4.71. The van der Waals surface area contributed by atoms with Crippen molar-refractivity contribution in [3.8, 4) is 5.69 Å². The number of rotatable bonds is 5. The molecule has 0 unspecified atom stereocenters. The fourth-order valence-corrected chi connectivity index (χ4v) is 4.71. The minimum atomic E-state index is -0.623. The summed E-state index contributed by atoms with van der Waals surface area (Å²) in [7, 11) is 0. The first-order chi connectivity index (χ1) is 17.0. The van der Waals surface area contributed by atoms with Gasteiger partial charge in [-0.15, -0.1) is 0 Å². The monoisotopic (exact) mass is 480 g/mol. The zero-order chi connectivity index (χ0) is 24.4. The maximum Gasteiger partial charge on any atom is 0.359 e. The summed E-state index contributed by atoms with van der Waals surface area (Å²) in [5.41, 5.74) is 3.58. The van der Waals surface area contributed by atoms with Gasteiger partial charge in [-0.25, -0.2) is 18.3 Å². The lowest BCUT2D eigenvalue weighted by atomic mass is 9.95. The second kappa shape index (κ2) is 9.85. The number of carbonyl (C=O) groups is 2. The molecule has 0 radical (unpaired) electrons. The van der Waals surface area contributed by atoms with Crippen molar-refractivity contribution in [2.75, 3.05) is 37.7 Å². The number of benzene rings is 2. The van der Waals surface area contributed by atoms with Crippen molar-refractivity contribution in [1.82, 2.24) is 14.7 Å². The first kappa shape index (κ1) is 23.0. The molecule has 0 saturated carbocycles. The van der Waals surface area contributed by atoms with Crippen molar-refractivity contribution in [2.45, 2.75) is 25.7 Å². The van der Waals surface area contributed by atoms with Gasteiger partial charge in [0, 0.05) is 43.1 Å². The van der Waals surface area contributed by atoms with E-state index >= 15 is 0 Å². The Morgan fingerprint density at radius 2 is 1.43 bits per heavy atom. The van der Waals surface area contributed by atoms with Crippen LogP contribution < -0.4 is 4.90 Å². The van der Waals surface area contributed by atoms with Gasteiger partial charge in [0.15, 0.2) is 12.3 Å². The Balaban J connectivity index is 1.21. The number of ether oxygens (including phenoxy) is 1. The van der Waals surface area contributed by atoms with Gasteiger partial charge in [-0.2, -0.15) is 5.10 Å². The molecule has 5 rings (SSSR count). The summed E-state index contributed by atoms with van der Waals surface area (Å²) in [5, 5.41) is 4.49. The molecule has 0 bridgehead atoms. The van der Waals surface area contributed by atoms with Crippen LogP contribution in [0.4, 0.5) is 14.5 Å². The number of amides is 1. The Hall–Kier alpha value is -3.75. The van der Waals surface area contributed by atoms with Crippen molar-refractivity contribution in [1.29, 1.82) is 0 Å². The molecule has 1 amide bonds. The summed E-state index contributed by atoms with van der Waals surface area (Å²) >= 11 is 0. The number of hydrogen-bond donors (Lipinski definition) is 0. The summed E-state index contributed by atoms with van der Waals surface area (Å²) in [6, 6.07) is 12.3. The molecule has 2 aromatic carbocycles. The van der Waals surface area contributed by atoms with Gasteiger partial charge in [-0.3, -0.25) is 4.79 Å². The largest absolute Gasteiger partial charge is 0.451 e. The topological polar surface area (TPSA) is 67.7 Å². The van der Waals surface area contributed by atoms with Gasteiger partial charge < -0.3 is 14.5 Å². The molecule has 1 aliphatic carbocycles. The molecule has 2 heterocycles. The van der Waals surface area contributed by atoms with Gasteiger partial charge in [0.05, 0.1) is 5.69 Å². The Morgan fingerprint density at radius 1 is 0.829 bits per heavy atom. The summed E-state index contributed by atoms with van der Waals surface area (Å²) in [6.45, 7) is 1.85. The standard InChI is InChI=1S/C26H26F2N4O3/c27-18-5-9-20(10-6-18)30-13-15-31(16-14-30)24(33)17-35-26(34)25-22-3-1-2-4-23(22)32(29-25)21-11-7-19(28)8-12-21/h5-12H,1-4,13-17H2. The van der Waals surface area contributed by atoms with E-state index in [1.807, 2.05) is 0 Å². The van der Waals surface area contributed by atoms with Crippen LogP contribution >= 0.6 is 0 Å². The fraction of sp³-hybridized carbons (Fsp3) is 0.346. The van der Waals surface area contributed by atoms with Crippen LogP contribution in [0.15, 0.2) is 48.5 Å². The third kappa shape index (κ3) is 4.89. The number of aromatic nitrogens is 2. The predicted molar refractivity (Wildman–Crippen MR) is 126 cm³/mol. The molecule has 0 atom stereocenters. The molecule has 35 heavy (non-hydrogen) atoms. The molecule has 7 nitrogen and oxygen atoms in total. The Labute approximate surface area is 201 Å². The number of carbonyl (C=O) groups excluding carboxylic acids is 2. The third-order valence-electron chi connectivity index (χ3n) is 6.60. The Bertz CT molecular complexity index is 1220. The van der Waals surface area contributed by atoms with Crippen molar-refractivity contribution in [3.63, 3.8) is 0 Å². The molecule has 1 saturated heterocycles. The van der Waals surface area contributed by atoms with E-state index in [0.29, 0.717) is 38.3 Å². The SMILES string of the molecule is O=C(OCC(=O)N1CCN(c2ccc(F)cc2)CC1)c1nn(-c2ccc(F)cc2)c2c1CCCC2. The lowest BCUT2D eigenvalue weighted by Gasteiger charge is -2.36. The molecule has 2 aliphatic rings. The van der Waals surface area contributed by atoms with E-state index in [9.17, 15) is 18.4 Å². The van der Waals surface area contributed by atoms with E-state index in [4.69, 9.17) is 4.74 Å². The molecule has 0 N–H and O–H groups in total. The van der Waals surface area contributed by atoms with E-state index in [0.717, 1.165) is 36.2 Å². The van der Waals surface area contributed by atoms with Gasteiger partial charge in [-0.05, 0) is 74.2 Å². The molecule has 1 aromatic heterocycles. The molecule has 9 heteroatoms. The van der Waals surface area contributed by atoms with E-state index in [1.165, 1.54) is 24.3 Å². The van der Waals surface area contributed by atoms with Crippen molar-refractivity contribution in [2.24, 2.45) is 0 Å². The highest BCUT2D eigenvalue weighted by atomic mass is 19.1. The lowest BCUT2D eigenvalue weighted by Crippen LogP contribution is -2.49. The number of hydrogen-bond acceptors (Lipinski definition) is 5. The van der Waals surface area contributed by atoms with Gasteiger partial charge in [0.1, 0.15) is 11.6 Å². The first-order valence-corrected chi connectivity index (χ1v) is 11.8. The Kier molecular flexibility index (Phi) is 6.48. The summed E-state index contributed by atoms with van der Waals surface area (Å²) < 4.78 is 33.6. The molecule has 3 aromatic rings. The highest BCUT2D eigenvalue weighted by Gasteiger charge is 2.28. The van der Waals surface area contributed by atoms with Crippen molar-refractivity contribution < 1.29 is 23.1 Å². The van der Waals surface area contributed by atoms with Crippen LogP contribution in [-0.2, 0) is 22.4 Å². The average molecular weight is 481 g/mol. The van der Waals surface area contributed by atoms with Crippen LogP contribution in [-0.4, -0.2) is 59.3 Å². The van der Waals surface area contributed by atoms with Gasteiger partial charge >= 0.3 is 5.97 Å². The van der Waals surface area contributed by atoms with Crippen LogP contribution in [0.3, 0.4) is 0 Å². The summed E-state index contributed by atoms with van der Waals surface area (Å²) in [5.74, 6) is -1.51.